The Hall–Kier alpha value is -1.55. The molecule has 1 N–H and O–H groups in total. The van der Waals surface area contributed by atoms with Crippen LogP contribution in [0.15, 0.2) is 24.3 Å². The third kappa shape index (κ3) is 3.90. The number of aliphatic hydroxyl groups is 1. The highest BCUT2D eigenvalue weighted by Crippen LogP contribution is 2.14. The van der Waals surface area contributed by atoms with E-state index >= 15 is 0 Å². The maximum Gasteiger partial charge on any atom is 0.337 e. The van der Waals surface area contributed by atoms with Crippen LogP contribution in [0.4, 0.5) is 0 Å². The van der Waals surface area contributed by atoms with E-state index < -0.39 is 0 Å². The Morgan fingerprint density at radius 1 is 1.38 bits per heavy atom. The van der Waals surface area contributed by atoms with Crippen molar-refractivity contribution in [2.45, 2.75) is 12.8 Å². The molecule has 0 aliphatic heterocycles. The third-order valence-electron chi connectivity index (χ3n) is 2.08. The maximum absolute atomic E-state index is 11.2. The Kier molecular flexibility index (Phi) is 5.36. The molecule has 0 aliphatic carbocycles. The smallest absolute Gasteiger partial charge is 0.337 e. The molecule has 1 aromatic carbocycles. The van der Waals surface area contributed by atoms with Crippen molar-refractivity contribution in [1.29, 1.82) is 0 Å². The molecule has 0 heterocycles. The minimum atomic E-state index is -0.374. The molecule has 1 rings (SSSR count). The zero-order valence-electron chi connectivity index (χ0n) is 9.31. The zero-order valence-corrected chi connectivity index (χ0v) is 9.31. The standard InChI is InChI=1S/C12H16O4/c1-15-12(14)10-5-4-6-11(9-10)16-8-3-2-7-13/h4-6,9,13H,2-3,7-8H2,1H3. The van der Waals surface area contributed by atoms with Crippen molar-refractivity contribution in [3.63, 3.8) is 0 Å². The van der Waals surface area contributed by atoms with Gasteiger partial charge in [-0.15, -0.1) is 0 Å². The number of hydrogen-bond donors (Lipinski definition) is 1. The Morgan fingerprint density at radius 2 is 2.19 bits per heavy atom. The van der Waals surface area contributed by atoms with E-state index in [0.29, 0.717) is 17.9 Å². The van der Waals surface area contributed by atoms with Crippen molar-refractivity contribution in [3.8, 4) is 5.75 Å². The molecule has 4 heteroatoms. The summed E-state index contributed by atoms with van der Waals surface area (Å²) in [5.74, 6) is 0.265. The highest BCUT2D eigenvalue weighted by atomic mass is 16.5. The van der Waals surface area contributed by atoms with Gasteiger partial charge in [-0.3, -0.25) is 0 Å². The fraction of sp³-hybridized carbons (Fsp3) is 0.417. The van der Waals surface area contributed by atoms with Gasteiger partial charge in [-0.05, 0) is 31.0 Å². The second kappa shape index (κ2) is 6.85. The van der Waals surface area contributed by atoms with Crippen molar-refractivity contribution in [2.24, 2.45) is 0 Å². The quantitative estimate of drug-likeness (QED) is 0.589. The molecule has 1 aromatic rings. The lowest BCUT2D eigenvalue weighted by Gasteiger charge is -2.06. The molecule has 4 nitrogen and oxygen atoms in total. The molecule has 88 valence electrons. The van der Waals surface area contributed by atoms with Crippen LogP contribution >= 0.6 is 0 Å². The molecule has 0 aromatic heterocycles. The average Bonchev–Trinajstić information content (AvgIpc) is 2.34. The van der Waals surface area contributed by atoms with Crippen molar-refractivity contribution in [1.82, 2.24) is 0 Å². The maximum atomic E-state index is 11.2. The second-order valence-corrected chi connectivity index (χ2v) is 3.30. The van der Waals surface area contributed by atoms with Gasteiger partial charge in [-0.25, -0.2) is 4.79 Å². The van der Waals surface area contributed by atoms with Crippen LogP contribution in [0.1, 0.15) is 23.2 Å². The van der Waals surface area contributed by atoms with Gasteiger partial charge < -0.3 is 14.6 Å². The summed E-state index contributed by atoms with van der Waals surface area (Å²) in [6, 6.07) is 6.84. The largest absolute Gasteiger partial charge is 0.494 e. The molecule has 16 heavy (non-hydrogen) atoms. The summed E-state index contributed by atoms with van der Waals surface area (Å²) in [6.07, 6.45) is 1.51. The molecule has 0 aliphatic rings. The first-order chi connectivity index (χ1) is 7.77. The summed E-state index contributed by atoms with van der Waals surface area (Å²) >= 11 is 0. The summed E-state index contributed by atoms with van der Waals surface area (Å²) in [5.41, 5.74) is 0.474. The Bertz CT molecular complexity index is 336. The summed E-state index contributed by atoms with van der Waals surface area (Å²) in [7, 11) is 1.34. The minimum absolute atomic E-state index is 0.172. The summed E-state index contributed by atoms with van der Waals surface area (Å²) in [5, 5.41) is 8.60. The number of carbonyl (C=O) groups excluding carboxylic acids is 1. The Balaban J connectivity index is 2.50. The van der Waals surface area contributed by atoms with Crippen LogP contribution in [0.2, 0.25) is 0 Å². The number of unbranched alkanes of at least 4 members (excludes halogenated alkanes) is 1. The normalized spacial score (nSPS) is 9.88. The molecule has 0 fully saturated rings. The van der Waals surface area contributed by atoms with E-state index in [1.807, 2.05) is 0 Å². The van der Waals surface area contributed by atoms with Gasteiger partial charge in [0.25, 0.3) is 0 Å². The topological polar surface area (TPSA) is 55.8 Å². The highest BCUT2D eigenvalue weighted by Gasteiger charge is 2.05. The fourth-order valence-corrected chi connectivity index (χ4v) is 1.23. The molecule has 0 bridgehead atoms. The first-order valence-electron chi connectivity index (χ1n) is 5.20. The molecule has 0 unspecified atom stereocenters. The number of rotatable bonds is 6. The van der Waals surface area contributed by atoms with Gasteiger partial charge in [0.05, 0.1) is 19.3 Å². The van der Waals surface area contributed by atoms with Gasteiger partial charge in [-0.1, -0.05) is 6.07 Å². The van der Waals surface area contributed by atoms with Crippen molar-refractivity contribution < 1.29 is 19.4 Å². The summed E-state index contributed by atoms with van der Waals surface area (Å²) in [6.45, 7) is 0.705. The fourth-order valence-electron chi connectivity index (χ4n) is 1.23. The van der Waals surface area contributed by atoms with Crippen LogP contribution in [0.5, 0.6) is 5.75 Å². The van der Waals surface area contributed by atoms with Gasteiger partial charge >= 0.3 is 5.97 Å². The highest BCUT2D eigenvalue weighted by molar-refractivity contribution is 5.89. The monoisotopic (exact) mass is 224 g/mol. The lowest BCUT2D eigenvalue weighted by molar-refractivity contribution is 0.0600. The van der Waals surface area contributed by atoms with E-state index in [9.17, 15) is 4.79 Å². The average molecular weight is 224 g/mol. The lowest BCUT2D eigenvalue weighted by atomic mass is 10.2. The number of benzene rings is 1. The van der Waals surface area contributed by atoms with Crippen molar-refractivity contribution in [2.75, 3.05) is 20.3 Å². The Labute approximate surface area is 94.8 Å². The van der Waals surface area contributed by atoms with E-state index in [1.54, 1.807) is 24.3 Å². The SMILES string of the molecule is COC(=O)c1cccc(OCCCCO)c1. The van der Waals surface area contributed by atoms with Crippen LogP contribution < -0.4 is 4.74 Å². The molecule has 0 amide bonds. The number of hydrogen-bond acceptors (Lipinski definition) is 4. The van der Waals surface area contributed by atoms with Gasteiger partial charge in [0.1, 0.15) is 5.75 Å². The predicted octanol–water partition coefficient (Wildman–Crippen LogP) is 1.62. The van der Waals surface area contributed by atoms with E-state index in [1.165, 1.54) is 7.11 Å². The first kappa shape index (κ1) is 12.5. The first-order valence-corrected chi connectivity index (χ1v) is 5.20. The zero-order chi connectivity index (χ0) is 11.8. The number of esters is 1. The Morgan fingerprint density at radius 3 is 2.88 bits per heavy atom. The number of aliphatic hydroxyl groups excluding tert-OH is 1. The number of carbonyl (C=O) groups is 1. The van der Waals surface area contributed by atoms with E-state index in [2.05, 4.69) is 4.74 Å². The van der Waals surface area contributed by atoms with Gasteiger partial charge in [0, 0.05) is 6.61 Å². The van der Waals surface area contributed by atoms with Crippen molar-refractivity contribution >= 4 is 5.97 Å². The van der Waals surface area contributed by atoms with Crippen LogP contribution in [0, 0.1) is 0 Å². The van der Waals surface area contributed by atoms with Crippen molar-refractivity contribution in [3.05, 3.63) is 29.8 Å². The van der Waals surface area contributed by atoms with Crippen LogP contribution in [0.25, 0.3) is 0 Å². The van der Waals surface area contributed by atoms with Gasteiger partial charge in [0.2, 0.25) is 0 Å². The van der Waals surface area contributed by atoms with Gasteiger partial charge in [-0.2, -0.15) is 0 Å². The van der Waals surface area contributed by atoms with Crippen LogP contribution in [-0.2, 0) is 4.74 Å². The molecular formula is C12H16O4. The molecule has 0 saturated carbocycles. The molecule has 0 saturated heterocycles. The van der Waals surface area contributed by atoms with E-state index in [-0.39, 0.29) is 12.6 Å². The number of methoxy groups -OCH3 is 1. The lowest BCUT2D eigenvalue weighted by Crippen LogP contribution is -2.03. The molecule has 0 radical (unpaired) electrons. The van der Waals surface area contributed by atoms with E-state index in [0.717, 1.165) is 12.8 Å². The van der Waals surface area contributed by atoms with Crippen LogP contribution in [-0.4, -0.2) is 31.4 Å². The third-order valence-corrected chi connectivity index (χ3v) is 2.08. The summed E-state index contributed by atoms with van der Waals surface area (Å²) in [4.78, 5) is 11.2. The summed E-state index contributed by atoms with van der Waals surface area (Å²) < 4.78 is 10.0. The molecular weight excluding hydrogens is 208 g/mol. The van der Waals surface area contributed by atoms with E-state index in [4.69, 9.17) is 9.84 Å². The molecule has 0 atom stereocenters. The molecule has 0 spiro atoms. The predicted molar refractivity (Wildman–Crippen MR) is 59.6 cm³/mol. The van der Waals surface area contributed by atoms with Crippen LogP contribution in [0.3, 0.4) is 0 Å². The number of ether oxygens (including phenoxy) is 2. The van der Waals surface area contributed by atoms with Gasteiger partial charge in [0.15, 0.2) is 0 Å². The minimum Gasteiger partial charge on any atom is -0.494 e. The second-order valence-electron chi connectivity index (χ2n) is 3.30.